The third-order valence-electron chi connectivity index (χ3n) is 7.60. The summed E-state index contributed by atoms with van der Waals surface area (Å²) in [6.07, 6.45) is 0.776. The van der Waals surface area contributed by atoms with Crippen LogP contribution >= 0.6 is 0 Å². The van der Waals surface area contributed by atoms with Crippen molar-refractivity contribution in [1.29, 1.82) is 0 Å². The smallest absolute Gasteiger partial charge is 0.407 e. The Labute approximate surface area is 269 Å². The molecule has 0 radical (unpaired) electrons. The molecule has 3 rings (SSSR count). The molecule has 0 spiro atoms. The van der Waals surface area contributed by atoms with Crippen LogP contribution in [0.3, 0.4) is 0 Å². The fourth-order valence-corrected chi connectivity index (χ4v) is 7.09. The van der Waals surface area contributed by atoms with Crippen LogP contribution in [0.5, 0.6) is 0 Å². The van der Waals surface area contributed by atoms with Crippen molar-refractivity contribution in [3.8, 4) is 0 Å². The SMILES string of the molecule is CCCN([C@H](CO)CCC[C@H](C)NC(=O)[C@@H](NC(=O)OC)C(c1cccc(F)c1)c1cccc(F)c1)S(=O)(=O)c1ccc(N)cc1. The molecular formula is C33H42F2N4O6S. The quantitative estimate of drug-likeness (QED) is 0.165. The molecule has 0 saturated carbocycles. The van der Waals surface area contributed by atoms with Gasteiger partial charge in [0.25, 0.3) is 0 Å². The first-order valence-electron chi connectivity index (χ1n) is 15.0. The van der Waals surface area contributed by atoms with Gasteiger partial charge < -0.3 is 26.2 Å². The van der Waals surface area contributed by atoms with E-state index in [1.165, 1.54) is 65.0 Å². The minimum atomic E-state index is -3.91. The molecule has 5 N–H and O–H groups in total. The Kier molecular flexibility index (Phi) is 13.5. The summed E-state index contributed by atoms with van der Waals surface area (Å²) < 4.78 is 61.5. The maximum atomic E-state index is 14.3. The number of nitrogens with two attached hydrogens (primary N) is 1. The first-order valence-corrected chi connectivity index (χ1v) is 16.5. The zero-order chi connectivity index (χ0) is 33.9. The van der Waals surface area contributed by atoms with Crippen molar-refractivity contribution in [3.63, 3.8) is 0 Å². The molecule has 0 fully saturated rings. The van der Waals surface area contributed by atoms with Crippen molar-refractivity contribution in [1.82, 2.24) is 14.9 Å². The molecule has 0 aliphatic carbocycles. The summed E-state index contributed by atoms with van der Waals surface area (Å²) >= 11 is 0. The Bertz CT molecular complexity index is 1510. The van der Waals surface area contributed by atoms with Gasteiger partial charge in [0.05, 0.1) is 18.6 Å². The van der Waals surface area contributed by atoms with Crippen LogP contribution in [0.15, 0.2) is 77.7 Å². The number of hydrogen-bond acceptors (Lipinski definition) is 7. The lowest BCUT2D eigenvalue weighted by Gasteiger charge is -2.30. The molecule has 0 aliphatic rings. The number of rotatable bonds is 16. The van der Waals surface area contributed by atoms with Crippen LogP contribution in [0.1, 0.15) is 56.6 Å². The van der Waals surface area contributed by atoms with Gasteiger partial charge in [-0.05, 0) is 92.3 Å². The first kappa shape index (κ1) is 36.4. The zero-order valence-electron chi connectivity index (χ0n) is 26.2. The number of methoxy groups -OCH3 is 1. The second kappa shape index (κ2) is 17.0. The molecule has 2 amide bonds. The van der Waals surface area contributed by atoms with Crippen molar-refractivity contribution < 1.29 is 36.6 Å². The molecule has 13 heteroatoms. The minimum Gasteiger partial charge on any atom is -0.453 e. The van der Waals surface area contributed by atoms with Gasteiger partial charge in [-0.3, -0.25) is 4.79 Å². The predicted molar refractivity (Wildman–Crippen MR) is 171 cm³/mol. The number of carbonyl (C=O) groups excluding carboxylic acids is 2. The minimum absolute atomic E-state index is 0.0736. The molecule has 0 unspecified atom stereocenters. The number of anilines is 1. The van der Waals surface area contributed by atoms with Crippen LogP contribution in [-0.4, -0.2) is 68.2 Å². The van der Waals surface area contributed by atoms with E-state index in [2.05, 4.69) is 10.6 Å². The van der Waals surface area contributed by atoms with Crippen molar-refractivity contribution in [2.24, 2.45) is 0 Å². The third kappa shape index (κ3) is 9.71. The lowest BCUT2D eigenvalue weighted by Crippen LogP contribution is -2.52. The molecule has 10 nitrogen and oxygen atoms in total. The maximum Gasteiger partial charge on any atom is 0.407 e. The van der Waals surface area contributed by atoms with Crippen LogP contribution in [0.4, 0.5) is 19.3 Å². The number of nitrogens with one attached hydrogen (secondary N) is 2. The van der Waals surface area contributed by atoms with E-state index in [0.29, 0.717) is 42.5 Å². The van der Waals surface area contributed by atoms with Crippen LogP contribution in [0.25, 0.3) is 0 Å². The van der Waals surface area contributed by atoms with Gasteiger partial charge in [0, 0.05) is 30.2 Å². The Hall–Kier alpha value is -4.07. The van der Waals surface area contributed by atoms with E-state index in [4.69, 9.17) is 10.5 Å². The number of nitrogen functional groups attached to an aromatic ring is 1. The van der Waals surface area contributed by atoms with Crippen molar-refractivity contribution in [2.75, 3.05) is 26.0 Å². The van der Waals surface area contributed by atoms with Crippen molar-refractivity contribution >= 4 is 27.7 Å². The number of carbonyl (C=O) groups is 2. The monoisotopic (exact) mass is 660 g/mol. The number of nitrogens with zero attached hydrogens (tertiary/aromatic N) is 1. The van der Waals surface area contributed by atoms with Gasteiger partial charge in [-0.1, -0.05) is 31.2 Å². The first-order chi connectivity index (χ1) is 21.9. The summed E-state index contributed by atoms with van der Waals surface area (Å²) in [5.74, 6) is -2.73. The maximum absolute atomic E-state index is 14.3. The van der Waals surface area contributed by atoms with E-state index < -0.39 is 64.3 Å². The van der Waals surface area contributed by atoms with Crippen LogP contribution in [0, 0.1) is 11.6 Å². The highest BCUT2D eigenvalue weighted by atomic mass is 32.2. The molecule has 3 atom stereocenters. The number of alkyl carbamates (subject to hydrolysis) is 1. The predicted octanol–water partition coefficient (Wildman–Crippen LogP) is 4.54. The van der Waals surface area contributed by atoms with E-state index >= 15 is 0 Å². The number of ether oxygens (including phenoxy) is 1. The topological polar surface area (TPSA) is 151 Å². The van der Waals surface area contributed by atoms with Crippen LogP contribution < -0.4 is 16.4 Å². The molecule has 250 valence electrons. The fourth-order valence-electron chi connectivity index (χ4n) is 5.35. The highest BCUT2D eigenvalue weighted by Gasteiger charge is 2.34. The average molecular weight is 661 g/mol. The van der Waals surface area contributed by atoms with E-state index in [0.717, 1.165) is 7.11 Å². The normalized spacial score (nSPS) is 13.7. The highest BCUT2D eigenvalue weighted by molar-refractivity contribution is 7.89. The van der Waals surface area contributed by atoms with Gasteiger partial charge in [0.15, 0.2) is 0 Å². The Balaban J connectivity index is 1.78. The number of benzene rings is 3. The van der Waals surface area contributed by atoms with E-state index in [1.54, 1.807) is 19.1 Å². The van der Waals surface area contributed by atoms with E-state index in [9.17, 15) is 31.9 Å². The van der Waals surface area contributed by atoms with Crippen LogP contribution in [-0.2, 0) is 19.6 Å². The molecule has 0 aliphatic heterocycles. The number of sulfonamides is 1. The molecule has 0 bridgehead atoms. The Morgan fingerprint density at radius 3 is 2.04 bits per heavy atom. The van der Waals surface area contributed by atoms with Crippen molar-refractivity contribution in [2.45, 2.75) is 68.5 Å². The van der Waals surface area contributed by atoms with Gasteiger partial charge in [-0.15, -0.1) is 0 Å². The van der Waals surface area contributed by atoms with E-state index in [1.807, 2.05) is 6.92 Å². The van der Waals surface area contributed by atoms with Gasteiger partial charge in [0.1, 0.15) is 17.7 Å². The third-order valence-corrected chi connectivity index (χ3v) is 9.57. The summed E-state index contributed by atoms with van der Waals surface area (Å²) in [5, 5.41) is 15.6. The number of aliphatic hydroxyl groups excluding tert-OH is 1. The number of hydrogen-bond donors (Lipinski definition) is 4. The molecular weight excluding hydrogens is 618 g/mol. The Morgan fingerprint density at radius 1 is 0.957 bits per heavy atom. The van der Waals surface area contributed by atoms with Crippen molar-refractivity contribution in [3.05, 3.63) is 95.6 Å². The van der Waals surface area contributed by atoms with Gasteiger partial charge in [-0.2, -0.15) is 4.31 Å². The summed E-state index contributed by atoms with van der Waals surface area (Å²) in [7, 11) is -2.77. The molecule has 0 saturated heterocycles. The Morgan fingerprint density at radius 2 is 1.54 bits per heavy atom. The zero-order valence-corrected chi connectivity index (χ0v) is 27.0. The largest absolute Gasteiger partial charge is 0.453 e. The molecule has 0 aromatic heterocycles. The molecule has 3 aromatic rings. The van der Waals surface area contributed by atoms with Gasteiger partial charge in [-0.25, -0.2) is 22.0 Å². The van der Waals surface area contributed by atoms with Gasteiger partial charge >= 0.3 is 6.09 Å². The summed E-state index contributed by atoms with van der Waals surface area (Å²) in [4.78, 5) is 26.2. The summed E-state index contributed by atoms with van der Waals surface area (Å²) in [5.41, 5.74) is 6.81. The second-order valence-electron chi connectivity index (χ2n) is 11.1. The fraction of sp³-hybridized carbons (Fsp3) is 0.394. The van der Waals surface area contributed by atoms with E-state index in [-0.39, 0.29) is 11.4 Å². The average Bonchev–Trinajstić information content (AvgIpc) is 3.02. The van der Waals surface area contributed by atoms with Crippen LogP contribution in [0.2, 0.25) is 0 Å². The van der Waals surface area contributed by atoms with Gasteiger partial charge in [0.2, 0.25) is 15.9 Å². The summed E-state index contributed by atoms with van der Waals surface area (Å²) in [6.45, 7) is 3.39. The standard InChI is InChI=1S/C33H42F2N4O6S/c1-4-18-39(46(43,44)29-16-14-27(36)15-17-29)28(21-40)13-5-8-22(2)37-32(41)31(38-33(42)45-3)30(23-9-6-11-25(34)19-23)24-10-7-12-26(35)20-24/h6-7,9-12,14-17,19-20,22,28,30-31,40H,4-5,8,13,18,21,36H2,1-3H3,(H,37,41)(H,38,42)/t22-,28-,31-/m0/s1. The molecule has 0 heterocycles. The lowest BCUT2D eigenvalue weighted by atomic mass is 9.84. The highest BCUT2D eigenvalue weighted by Crippen LogP contribution is 2.30. The second-order valence-corrected chi connectivity index (χ2v) is 13.0. The summed E-state index contributed by atoms with van der Waals surface area (Å²) in [6, 6.07) is 14.4. The molecule has 3 aromatic carbocycles. The molecule has 46 heavy (non-hydrogen) atoms. The number of halogens is 2. The lowest BCUT2D eigenvalue weighted by molar-refractivity contribution is -0.124. The number of aliphatic hydroxyl groups is 1. The number of amides is 2.